The predicted octanol–water partition coefficient (Wildman–Crippen LogP) is 1.82. The van der Waals surface area contributed by atoms with Crippen molar-refractivity contribution in [2.45, 2.75) is 6.18 Å². The van der Waals surface area contributed by atoms with E-state index in [1.54, 1.807) is 0 Å². The maximum absolute atomic E-state index is 12.8. The highest BCUT2D eigenvalue weighted by atomic mass is 19.4. The van der Waals surface area contributed by atoms with Gasteiger partial charge in [0.2, 0.25) is 0 Å². The molecule has 0 aliphatic heterocycles. The number of halogens is 4. The molecule has 0 saturated carbocycles. The number of carboxylic acids is 1. The highest BCUT2D eigenvalue weighted by Crippen LogP contribution is 2.37. The molecule has 0 amide bonds. The molecule has 1 aromatic rings. The van der Waals surface area contributed by atoms with Gasteiger partial charge in [-0.05, 0) is 12.1 Å². The summed E-state index contributed by atoms with van der Waals surface area (Å²) in [7, 11) is 0. The smallest absolute Gasteiger partial charge is 0.417 e. The number of ketones is 1. The summed E-state index contributed by atoms with van der Waals surface area (Å²) in [4.78, 5) is 21.3. The molecule has 0 aliphatic carbocycles. The molecule has 0 saturated heterocycles. The molecular weight excluding hydrogens is 248 g/mol. The lowest BCUT2D eigenvalue weighted by Crippen LogP contribution is -2.19. The van der Waals surface area contributed by atoms with Crippen molar-refractivity contribution in [2.24, 2.45) is 0 Å². The van der Waals surface area contributed by atoms with Gasteiger partial charge in [0.15, 0.2) is 11.6 Å². The van der Waals surface area contributed by atoms with Crippen LogP contribution in [0.1, 0.15) is 15.9 Å². The van der Waals surface area contributed by atoms with Gasteiger partial charge in [0.25, 0.3) is 5.78 Å². The first-order valence-electron chi connectivity index (χ1n) is 4.02. The van der Waals surface area contributed by atoms with Crippen molar-refractivity contribution in [3.05, 3.63) is 29.1 Å². The van der Waals surface area contributed by atoms with Crippen molar-refractivity contribution in [2.75, 3.05) is 0 Å². The summed E-state index contributed by atoms with van der Waals surface area (Å²) in [5.74, 6) is -7.40. The third-order valence-electron chi connectivity index (χ3n) is 1.86. The second-order valence-electron chi connectivity index (χ2n) is 2.95. The number of aliphatic carboxylic acids is 1. The molecular formula is C9H4F4O4. The monoisotopic (exact) mass is 252 g/mol. The van der Waals surface area contributed by atoms with Crippen LogP contribution in [0.25, 0.3) is 0 Å². The van der Waals surface area contributed by atoms with Crippen LogP contribution < -0.4 is 0 Å². The van der Waals surface area contributed by atoms with Crippen molar-refractivity contribution < 1.29 is 37.4 Å². The van der Waals surface area contributed by atoms with E-state index < -0.39 is 40.6 Å². The number of benzene rings is 1. The first-order valence-corrected chi connectivity index (χ1v) is 4.02. The average molecular weight is 252 g/mol. The van der Waals surface area contributed by atoms with Gasteiger partial charge in [-0.25, -0.2) is 9.18 Å². The van der Waals surface area contributed by atoms with E-state index in [1.165, 1.54) is 0 Å². The minimum Gasteiger partial charge on any atom is -0.504 e. The zero-order chi connectivity index (χ0) is 13.4. The molecule has 2 N–H and O–H groups in total. The van der Waals surface area contributed by atoms with Gasteiger partial charge in [0.05, 0.1) is 11.1 Å². The van der Waals surface area contributed by atoms with Gasteiger partial charge in [-0.1, -0.05) is 0 Å². The standard InChI is InChI=1S/C9H4F4O4/c10-4-2-1-3(9(11,12)13)5(6(4)14)7(15)8(16)17/h1-2,14H,(H,16,17). The highest BCUT2D eigenvalue weighted by molar-refractivity contribution is 6.41. The molecule has 0 spiro atoms. The first-order chi connectivity index (χ1) is 7.66. The molecule has 0 unspecified atom stereocenters. The molecule has 0 aromatic heterocycles. The van der Waals surface area contributed by atoms with Crippen molar-refractivity contribution in [1.82, 2.24) is 0 Å². The predicted molar refractivity (Wildman–Crippen MR) is 45.0 cm³/mol. The third kappa shape index (κ3) is 2.35. The van der Waals surface area contributed by atoms with Crippen LogP contribution in [-0.2, 0) is 11.0 Å². The Morgan fingerprint density at radius 1 is 1.18 bits per heavy atom. The number of carbonyl (C=O) groups is 2. The van der Waals surface area contributed by atoms with Crippen LogP contribution in [0.4, 0.5) is 17.6 Å². The summed E-state index contributed by atoms with van der Waals surface area (Å²) < 4.78 is 50.0. The largest absolute Gasteiger partial charge is 0.504 e. The van der Waals surface area contributed by atoms with E-state index in [1.807, 2.05) is 0 Å². The van der Waals surface area contributed by atoms with E-state index in [4.69, 9.17) is 10.2 Å². The number of carboxylic acid groups (broad SMARTS) is 1. The number of hydrogen-bond acceptors (Lipinski definition) is 3. The van der Waals surface area contributed by atoms with E-state index >= 15 is 0 Å². The van der Waals surface area contributed by atoms with Crippen LogP contribution in [0.15, 0.2) is 12.1 Å². The Morgan fingerprint density at radius 2 is 1.71 bits per heavy atom. The van der Waals surface area contributed by atoms with Gasteiger partial charge >= 0.3 is 12.1 Å². The Labute approximate surface area is 91.1 Å². The fraction of sp³-hybridized carbons (Fsp3) is 0.111. The number of aromatic hydroxyl groups is 1. The van der Waals surface area contributed by atoms with Gasteiger partial charge in [-0.2, -0.15) is 13.2 Å². The van der Waals surface area contributed by atoms with Crippen molar-refractivity contribution in [3.8, 4) is 5.75 Å². The molecule has 0 heterocycles. The number of rotatable bonds is 2. The molecule has 4 nitrogen and oxygen atoms in total. The maximum Gasteiger partial charge on any atom is 0.417 e. The van der Waals surface area contributed by atoms with Gasteiger partial charge in [-0.3, -0.25) is 4.79 Å². The molecule has 1 aromatic carbocycles. The summed E-state index contributed by atoms with van der Waals surface area (Å²) in [6, 6.07) is 0.474. The highest BCUT2D eigenvalue weighted by Gasteiger charge is 2.39. The van der Waals surface area contributed by atoms with Crippen LogP contribution in [0, 0.1) is 5.82 Å². The molecule has 92 valence electrons. The Balaban J connectivity index is 3.59. The summed E-state index contributed by atoms with van der Waals surface area (Å²) in [6.07, 6.45) is -5.08. The average Bonchev–Trinajstić information content (AvgIpc) is 2.19. The molecule has 0 radical (unpaired) electrons. The first kappa shape index (κ1) is 12.9. The molecule has 0 aliphatic rings. The van der Waals surface area contributed by atoms with E-state index in [0.29, 0.717) is 0 Å². The van der Waals surface area contributed by atoms with Gasteiger partial charge < -0.3 is 10.2 Å². The van der Waals surface area contributed by atoms with Crippen LogP contribution in [0.3, 0.4) is 0 Å². The number of phenols is 1. The number of phenolic OH excluding ortho intramolecular Hbond substituents is 1. The normalized spacial score (nSPS) is 11.3. The van der Waals surface area contributed by atoms with Crippen molar-refractivity contribution in [1.29, 1.82) is 0 Å². The Bertz CT molecular complexity index is 493. The lowest BCUT2D eigenvalue weighted by molar-refractivity contribution is -0.138. The third-order valence-corrected chi connectivity index (χ3v) is 1.86. The summed E-state index contributed by atoms with van der Waals surface area (Å²) >= 11 is 0. The zero-order valence-corrected chi connectivity index (χ0v) is 7.88. The minimum atomic E-state index is -5.08. The Hall–Kier alpha value is -2.12. The quantitative estimate of drug-likeness (QED) is 0.478. The number of carbonyl (C=O) groups excluding carboxylic acids is 1. The Morgan fingerprint density at radius 3 is 2.12 bits per heavy atom. The molecule has 8 heteroatoms. The summed E-state index contributed by atoms with van der Waals surface area (Å²) in [6.45, 7) is 0. The number of alkyl halides is 3. The molecule has 1 rings (SSSR count). The minimum absolute atomic E-state index is 0.186. The van der Waals surface area contributed by atoms with Gasteiger partial charge in [0.1, 0.15) is 0 Å². The maximum atomic E-state index is 12.8. The SMILES string of the molecule is O=C(O)C(=O)c1c(C(F)(F)F)ccc(F)c1O. The molecule has 0 atom stereocenters. The van der Waals surface area contributed by atoms with Crippen molar-refractivity contribution in [3.63, 3.8) is 0 Å². The lowest BCUT2D eigenvalue weighted by atomic mass is 10.0. The van der Waals surface area contributed by atoms with Gasteiger partial charge in [0, 0.05) is 0 Å². The zero-order valence-electron chi connectivity index (χ0n) is 7.88. The summed E-state index contributed by atoms with van der Waals surface area (Å²) in [5, 5.41) is 17.3. The van der Waals surface area contributed by atoms with E-state index in [9.17, 15) is 27.2 Å². The fourth-order valence-electron chi connectivity index (χ4n) is 1.14. The molecule has 0 bridgehead atoms. The van der Waals surface area contributed by atoms with Crippen LogP contribution in [0.2, 0.25) is 0 Å². The topological polar surface area (TPSA) is 74.6 Å². The van der Waals surface area contributed by atoms with E-state index in [0.717, 1.165) is 0 Å². The van der Waals surface area contributed by atoms with Gasteiger partial charge in [-0.15, -0.1) is 0 Å². The van der Waals surface area contributed by atoms with E-state index in [-0.39, 0.29) is 12.1 Å². The number of hydrogen-bond donors (Lipinski definition) is 2. The summed E-state index contributed by atoms with van der Waals surface area (Å²) in [5.41, 5.74) is -3.31. The Kier molecular flexibility index (Phi) is 3.08. The lowest BCUT2D eigenvalue weighted by Gasteiger charge is -2.12. The van der Waals surface area contributed by atoms with Crippen LogP contribution >= 0.6 is 0 Å². The molecule has 17 heavy (non-hydrogen) atoms. The second-order valence-corrected chi connectivity index (χ2v) is 2.95. The van der Waals surface area contributed by atoms with Crippen molar-refractivity contribution >= 4 is 11.8 Å². The number of Topliss-reactive ketones (excluding diaryl/α,β-unsaturated/α-hetero) is 1. The second kappa shape index (κ2) is 4.04. The van der Waals surface area contributed by atoms with E-state index in [2.05, 4.69) is 0 Å². The fourth-order valence-corrected chi connectivity index (χ4v) is 1.14. The molecule has 0 fully saturated rings. The van der Waals surface area contributed by atoms with Crippen LogP contribution in [-0.4, -0.2) is 22.0 Å². The van der Waals surface area contributed by atoms with Crippen LogP contribution in [0.5, 0.6) is 5.75 Å².